The van der Waals surface area contributed by atoms with Crippen LogP contribution in [0.25, 0.3) is 0 Å². The molecule has 1 aromatic rings. The predicted octanol–water partition coefficient (Wildman–Crippen LogP) is 5.47. The highest BCUT2D eigenvalue weighted by Crippen LogP contribution is 2.41. The molecule has 0 aliphatic carbocycles. The van der Waals surface area contributed by atoms with Gasteiger partial charge >= 0.3 is 0 Å². The molecule has 0 atom stereocenters. The number of hydrogen-bond acceptors (Lipinski definition) is 1. The first-order chi connectivity index (χ1) is 7.16. The van der Waals surface area contributed by atoms with Crippen molar-refractivity contribution in [1.82, 2.24) is 0 Å². The Morgan fingerprint density at radius 3 is 2.00 bits per heavy atom. The molecule has 0 N–H and O–H groups in total. The molecule has 0 saturated carbocycles. The van der Waals surface area contributed by atoms with Crippen LogP contribution < -0.4 is 0 Å². The van der Waals surface area contributed by atoms with Gasteiger partial charge in [-0.15, -0.1) is 0 Å². The van der Waals surface area contributed by atoms with Crippen LogP contribution in [0.3, 0.4) is 0 Å². The summed E-state index contributed by atoms with van der Waals surface area (Å²) in [6, 6.07) is 1.87. The maximum atomic E-state index is 11.5. The van der Waals surface area contributed by atoms with Crippen LogP contribution in [-0.2, 0) is 5.41 Å². The van der Waals surface area contributed by atoms with Crippen LogP contribution in [0.1, 0.15) is 43.6 Å². The summed E-state index contributed by atoms with van der Waals surface area (Å²) in [7, 11) is 0. The normalized spacial score (nSPS) is 11.7. The summed E-state index contributed by atoms with van der Waals surface area (Å²) in [5.74, 6) is 0.0498. The summed E-state index contributed by atoms with van der Waals surface area (Å²) >= 11 is 10.6. The van der Waals surface area contributed by atoms with E-state index in [0.717, 1.165) is 19.0 Å². The number of carbonyl (C=O) groups excluding carboxylic acids is 1. The van der Waals surface area contributed by atoms with E-state index >= 15 is 0 Å². The number of halogens is 3. The number of rotatable bonds is 1. The number of hydrogen-bond donors (Lipinski definition) is 0. The fourth-order valence-corrected chi connectivity index (χ4v) is 4.44. The molecule has 0 aliphatic heterocycles. The highest BCUT2D eigenvalue weighted by atomic mass is 79.9. The van der Waals surface area contributed by atoms with E-state index in [2.05, 4.69) is 68.6 Å². The van der Waals surface area contributed by atoms with Crippen molar-refractivity contribution in [3.05, 3.63) is 30.6 Å². The topological polar surface area (TPSA) is 17.1 Å². The zero-order valence-electron chi connectivity index (χ0n) is 9.62. The van der Waals surface area contributed by atoms with Crippen LogP contribution in [0.5, 0.6) is 0 Å². The second kappa shape index (κ2) is 4.91. The van der Waals surface area contributed by atoms with Gasteiger partial charge in [-0.1, -0.05) is 36.7 Å². The zero-order chi connectivity index (χ0) is 12.7. The molecule has 0 heterocycles. The van der Waals surface area contributed by atoms with Crippen molar-refractivity contribution in [2.45, 2.75) is 33.1 Å². The molecule has 0 aromatic heterocycles. The molecule has 0 saturated heterocycles. The lowest BCUT2D eigenvalue weighted by Gasteiger charge is -2.24. The summed E-state index contributed by atoms with van der Waals surface area (Å²) in [4.78, 5) is 11.5. The van der Waals surface area contributed by atoms with Gasteiger partial charge in [0.1, 0.15) is 0 Å². The van der Waals surface area contributed by atoms with E-state index in [1.807, 2.05) is 6.07 Å². The number of ketones is 1. The lowest BCUT2D eigenvalue weighted by molar-refractivity contribution is 0.101. The van der Waals surface area contributed by atoms with Crippen molar-refractivity contribution in [2.75, 3.05) is 0 Å². The van der Waals surface area contributed by atoms with Crippen molar-refractivity contribution in [1.29, 1.82) is 0 Å². The van der Waals surface area contributed by atoms with Gasteiger partial charge in [0.25, 0.3) is 0 Å². The molecule has 1 aromatic carbocycles. The van der Waals surface area contributed by atoms with Gasteiger partial charge in [-0.05, 0) is 55.8 Å². The van der Waals surface area contributed by atoms with E-state index in [-0.39, 0.29) is 11.2 Å². The average Bonchev–Trinajstić information content (AvgIpc) is 2.08. The summed E-state index contributed by atoms with van der Waals surface area (Å²) in [6.07, 6.45) is 0. The maximum absolute atomic E-state index is 11.5. The first kappa shape index (κ1) is 14.4. The SMILES string of the molecule is CC(=O)c1cc(Br)c(C(C)(C)C)c(Br)c1Br. The maximum Gasteiger partial charge on any atom is 0.161 e. The molecule has 1 nitrogen and oxygen atoms in total. The van der Waals surface area contributed by atoms with Crippen LogP contribution in [0, 0.1) is 0 Å². The molecule has 4 heteroatoms. The molecule has 16 heavy (non-hydrogen) atoms. The lowest BCUT2D eigenvalue weighted by atomic mass is 9.86. The predicted molar refractivity (Wildman–Crippen MR) is 78.2 cm³/mol. The van der Waals surface area contributed by atoms with Crippen LogP contribution in [-0.4, -0.2) is 5.78 Å². The zero-order valence-corrected chi connectivity index (χ0v) is 14.4. The van der Waals surface area contributed by atoms with Crippen molar-refractivity contribution in [3.8, 4) is 0 Å². The summed E-state index contributed by atoms with van der Waals surface area (Å²) in [6.45, 7) is 7.98. The third-order valence-electron chi connectivity index (χ3n) is 2.29. The molecule has 1 rings (SSSR count). The molecule has 0 unspecified atom stereocenters. The minimum absolute atomic E-state index is 0.00943. The van der Waals surface area contributed by atoms with E-state index in [1.165, 1.54) is 0 Å². The Morgan fingerprint density at radius 1 is 1.12 bits per heavy atom. The first-order valence-electron chi connectivity index (χ1n) is 4.85. The molecule has 88 valence electrons. The summed E-state index contributed by atoms with van der Waals surface area (Å²) in [5.41, 5.74) is 1.85. The Hall–Kier alpha value is 0.330. The summed E-state index contributed by atoms with van der Waals surface area (Å²) < 4.78 is 2.73. The Kier molecular flexibility index (Phi) is 4.41. The van der Waals surface area contributed by atoms with Crippen LogP contribution in [0.15, 0.2) is 19.5 Å². The van der Waals surface area contributed by atoms with Crippen molar-refractivity contribution >= 4 is 53.6 Å². The second-order valence-electron chi connectivity index (χ2n) is 4.72. The highest BCUT2D eigenvalue weighted by molar-refractivity contribution is 9.13. The van der Waals surface area contributed by atoms with E-state index < -0.39 is 0 Å². The van der Waals surface area contributed by atoms with Crippen LogP contribution in [0.2, 0.25) is 0 Å². The Bertz CT molecular complexity index is 445. The van der Waals surface area contributed by atoms with Crippen LogP contribution >= 0.6 is 47.8 Å². The smallest absolute Gasteiger partial charge is 0.161 e. The van der Waals surface area contributed by atoms with E-state index in [1.54, 1.807) is 6.92 Å². The van der Waals surface area contributed by atoms with Gasteiger partial charge < -0.3 is 0 Å². The van der Waals surface area contributed by atoms with Gasteiger partial charge in [-0.3, -0.25) is 4.79 Å². The largest absolute Gasteiger partial charge is 0.294 e. The molecular weight excluding hydrogens is 400 g/mol. The van der Waals surface area contributed by atoms with E-state index in [4.69, 9.17) is 0 Å². The van der Waals surface area contributed by atoms with E-state index in [9.17, 15) is 4.79 Å². The molecule has 0 radical (unpaired) electrons. The molecule has 0 spiro atoms. The standard InChI is InChI=1S/C12H13Br3O/c1-6(16)7-5-8(13)9(12(2,3)4)11(15)10(7)14/h5H,1-4H3. The van der Waals surface area contributed by atoms with Gasteiger partial charge in [0, 0.05) is 19.0 Å². The molecule has 0 fully saturated rings. The average molecular weight is 413 g/mol. The Morgan fingerprint density at radius 2 is 1.62 bits per heavy atom. The monoisotopic (exact) mass is 410 g/mol. The van der Waals surface area contributed by atoms with Gasteiger partial charge in [0.05, 0.1) is 0 Å². The van der Waals surface area contributed by atoms with Crippen LogP contribution in [0.4, 0.5) is 0 Å². The third-order valence-corrected chi connectivity index (χ3v) is 5.06. The minimum atomic E-state index is 0.00943. The van der Waals surface area contributed by atoms with Gasteiger partial charge in [-0.2, -0.15) is 0 Å². The lowest BCUT2D eigenvalue weighted by Crippen LogP contribution is -2.14. The fraction of sp³-hybridized carbons (Fsp3) is 0.417. The summed E-state index contributed by atoms with van der Waals surface area (Å²) in [5, 5.41) is 0. The minimum Gasteiger partial charge on any atom is -0.294 e. The second-order valence-corrected chi connectivity index (χ2v) is 7.16. The Labute approximate surface area is 121 Å². The quantitative estimate of drug-likeness (QED) is 0.441. The van der Waals surface area contributed by atoms with Gasteiger partial charge in [0.15, 0.2) is 5.78 Å². The van der Waals surface area contributed by atoms with Crippen molar-refractivity contribution in [2.24, 2.45) is 0 Å². The first-order valence-corrected chi connectivity index (χ1v) is 7.23. The highest BCUT2D eigenvalue weighted by Gasteiger charge is 2.24. The van der Waals surface area contributed by atoms with E-state index in [0.29, 0.717) is 5.56 Å². The number of benzene rings is 1. The molecule has 0 aliphatic rings. The van der Waals surface area contributed by atoms with Gasteiger partial charge in [-0.25, -0.2) is 0 Å². The van der Waals surface area contributed by atoms with Gasteiger partial charge in [0.2, 0.25) is 0 Å². The Balaban J connectivity index is 3.59. The molecule has 0 amide bonds. The van der Waals surface area contributed by atoms with Crippen molar-refractivity contribution in [3.63, 3.8) is 0 Å². The number of carbonyl (C=O) groups is 1. The molecule has 0 bridgehead atoms. The number of Topliss-reactive ketones (excluding diaryl/α,β-unsaturated/α-hetero) is 1. The van der Waals surface area contributed by atoms with Crippen molar-refractivity contribution < 1.29 is 4.79 Å². The fourth-order valence-electron chi connectivity index (χ4n) is 1.54. The molecular formula is C12H13Br3O. The third kappa shape index (κ3) is 2.77.